The van der Waals surface area contributed by atoms with Gasteiger partial charge >= 0.3 is 0 Å². The Labute approximate surface area is 102 Å². The van der Waals surface area contributed by atoms with Gasteiger partial charge in [-0.15, -0.1) is 0 Å². The third kappa shape index (κ3) is 5.25. The van der Waals surface area contributed by atoms with Crippen LogP contribution in [0.4, 0.5) is 0 Å². The zero-order valence-corrected chi connectivity index (χ0v) is 10.7. The van der Waals surface area contributed by atoms with Gasteiger partial charge in [0.2, 0.25) is 0 Å². The molecule has 0 aliphatic carbocycles. The summed E-state index contributed by atoms with van der Waals surface area (Å²) in [5.41, 5.74) is 2.35. The molecule has 0 aromatic heterocycles. The Morgan fingerprint density at radius 1 is 1.38 bits per heavy atom. The van der Waals surface area contributed by atoms with Crippen molar-refractivity contribution >= 4 is 11.8 Å². The van der Waals surface area contributed by atoms with E-state index >= 15 is 0 Å². The Kier molecular flexibility index (Phi) is 6.07. The molecule has 16 heavy (non-hydrogen) atoms. The number of thioether (sulfide) groups is 1. The van der Waals surface area contributed by atoms with Gasteiger partial charge in [0.15, 0.2) is 0 Å². The van der Waals surface area contributed by atoms with Gasteiger partial charge in [0.05, 0.1) is 6.61 Å². The van der Waals surface area contributed by atoms with E-state index < -0.39 is 0 Å². The van der Waals surface area contributed by atoms with E-state index in [2.05, 4.69) is 37.8 Å². The average molecular weight is 234 g/mol. The van der Waals surface area contributed by atoms with Crippen LogP contribution in [-0.4, -0.2) is 17.0 Å². The van der Waals surface area contributed by atoms with Crippen molar-refractivity contribution in [2.75, 3.05) is 6.61 Å². The molecule has 1 nitrogen and oxygen atoms in total. The SMILES string of the molecule is CC(C)SCc1cccc(C#CCCO)c1. The highest BCUT2D eigenvalue weighted by molar-refractivity contribution is 7.99. The van der Waals surface area contributed by atoms with Gasteiger partial charge < -0.3 is 5.11 Å². The zero-order valence-electron chi connectivity index (χ0n) is 9.86. The standard InChI is InChI=1S/C14H18OS/c1-12(2)16-11-14-8-5-7-13(10-14)6-3-4-9-15/h5,7-8,10,12,15H,4,9,11H2,1-2H3. The van der Waals surface area contributed by atoms with Crippen molar-refractivity contribution < 1.29 is 5.11 Å². The number of aliphatic hydroxyl groups excluding tert-OH is 1. The monoisotopic (exact) mass is 234 g/mol. The van der Waals surface area contributed by atoms with E-state index in [4.69, 9.17) is 5.11 Å². The van der Waals surface area contributed by atoms with Crippen molar-refractivity contribution in [2.24, 2.45) is 0 Å². The Balaban J connectivity index is 2.61. The van der Waals surface area contributed by atoms with Crippen molar-refractivity contribution in [1.82, 2.24) is 0 Å². The Hall–Kier alpha value is -0.910. The first-order chi connectivity index (χ1) is 7.72. The smallest absolute Gasteiger partial charge is 0.0540 e. The lowest BCUT2D eigenvalue weighted by molar-refractivity contribution is 0.305. The highest BCUT2D eigenvalue weighted by atomic mass is 32.2. The summed E-state index contributed by atoms with van der Waals surface area (Å²) in [7, 11) is 0. The third-order valence-electron chi connectivity index (χ3n) is 1.98. The molecule has 0 aliphatic heterocycles. The maximum absolute atomic E-state index is 8.64. The van der Waals surface area contributed by atoms with Gasteiger partial charge in [-0.1, -0.05) is 37.8 Å². The van der Waals surface area contributed by atoms with E-state index in [9.17, 15) is 0 Å². The summed E-state index contributed by atoms with van der Waals surface area (Å²) in [6.45, 7) is 4.54. The second-order valence-corrected chi connectivity index (χ2v) is 5.40. The van der Waals surface area contributed by atoms with Crippen molar-refractivity contribution in [3.05, 3.63) is 35.4 Å². The van der Waals surface area contributed by atoms with Crippen LogP contribution in [0.15, 0.2) is 24.3 Å². The average Bonchev–Trinajstić information content (AvgIpc) is 2.27. The van der Waals surface area contributed by atoms with Crippen molar-refractivity contribution in [3.8, 4) is 11.8 Å². The molecule has 0 amide bonds. The maximum Gasteiger partial charge on any atom is 0.0540 e. The van der Waals surface area contributed by atoms with Crippen molar-refractivity contribution in [2.45, 2.75) is 31.3 Å². The molecule has 86 valence electrons. The van der Waals surface area contributed by atoms with Gasteiger partial charge in [0, 0.05) is 17.7 Å². The minimum absolute atomic E-state index is 0.135. The van der Waals surface area contributed by atoms with E-state index in [1.807, 2.05) is 23.9 Å². The maximum atomic E-state index is 8.64. The number of benzene rings is 1. The highest BCUT2D eigenvalue weighted by Crippen LogP contribution is 2.17. The lowest BCUT2D eigenvalue weighted by Gasteiger charge is -2.04. The summed E-state index contributed by atoms with van der Waals surface area (Å²) < 4.78 is 0. The second kappa shape index (κ2) is 7.38. The molecule has 1 rings (SSSR count). The lowest BCUT2D eigenvalue weighted by Crippen LogP contribution is -1.89. The Morgan fingerprint density at radius 3 is 2.88 bits per heavy atom. The molecule has 0 atom stereocenters. The fourth-order valence-electron chi connectivity index (χ4n) is 1.22. The van der Waals surface area contributed by atoms with Crippen LogP contribution in [0, 0.1) is 11.8 Å². The number of aliphatic hydroxyl groups is 1. The van der Waals surface area contributed by atoms with Gasteiger partial charge in [-0.25, -0.2) is 0 Å². The highest BCUT2D eigenvalue weighted by Gasteiger charge is 1.97. The molecule has 0 aliphatic rings. The summed E-state index contributed by atoms with van der Waals surface area (Å²) in [5, 5.41) is 9.29. The largest absolute Gasteiger partial charge is 0.395 e. The van der Waals surface area contributed by atoms with Crippen LogP contribution in [0.25, 0.3) is 0 Å². The van der Waals surface area contributed by atoms with Gasteiger partial charge in [-0.2, -0.15) is 11.8 Å². The predicted octanol–water partition coefficient (Wildman–Crippen LogP) is 3.06. The van der Waals surface area contributed by atoms with Crippen LogP contribution < -0.4 is 0 Å². The molecule has 0 radical (unpaired) electrons. The molecular weight excluding hydrogens is 216 g/mol. The molecule has 0 unspecified atom stereocenters. The molecule has 2 heteroatoms. The Bertz CT molecular complexity index is 374. The van der Waals surface area contributed by atoms with E-state index in [0.717, 1.165) is 11.3 Å². The Morgan fingerprint density at radius 2 is 2.19 bits per heavy atom. The van der Waals surface area contributed by atoms with Crippen molar-refractivity contribution in [1.29, 1.82) is 0 Å². The topological polar surface area (TPSA) is 20.2 Å². The minimum atomic E-state index is 0.135. The first-order valence-corrected chi connectivity index (χ1v) is 6.57. The van der Waals surface area contributed by atoms with Crippen LogP contribution in [0.5, 0.6) is 0 Å². The van der Waals surface area contributed by atoms with Crippen LogP contribution >= 0.6 is 11.8 Å². The molecule has 1 N–H and O–H groups in total. The molecule has 0 spiro atoms. The van der Waals surface area contributed by atoms with Gasteiger partial charge in [0.1, 0.15) is 0 Å². The van der Waals surface area contributed by atoms with Crippen LogP contribution in [-0.2, 0) is 5.75 Å². The van der Waals surface area contributed by atoms with Gasteiger partial charge in [-0.05, 0) is 22.9 Å². The van der Waals surface area contributed by atoms with Crippen LogP contribution in [0.2, 0.25) is 0 Å². The third-order valence-corrected chi connectivity index (χ3v) is 3.15. The molecule has 0 fully saturated rings. The van der Waals surface area contributed by atoms with Gasteiger partial charge in [-0.3, -0.25) is 0 Å². The molecule has 0 heterocycles. The van der Waals surface area contributed by atoms with Gasteiger partial charge in [0.25, 0.3) is 0 Å². The molecule has 0 saturated heterocycles. The molecule has 0 bridgehead atoms. The minimum Gasteiger partial charge on any atom is -0.395 e. The quantitative estimate of drug-likeness (QED) is 0.808. The van der Waals surface area contributed by atoms with E-state index in [1.165, 1.54) is 5.56 Å². The predicted molar refractivity (Wildman–Crippen MR) is 71.5 cm³/mol. The lowest BCUT2D eigenvalue weighted by atomic mass is 10.1. The fourth-order valence-corrected chi connectivity index (χ4v) is 1.93. The van der Waals surface area contributed by atoms with Crippen LogP contribution in [0.3, 0.4) is 0 Å². The van der Waals surface area contributed by atoms with Crippen LogP contribution in [0.1, 0.15) is 31.4 Å². The molecule has 1 aromatic rings. The zero-order chi connectivity index (χ0) is 11.8. The van der Waals surface area contributed by atoms with Crippen molar-refractivity contribution in [3.63, 3.8) is 0 Å². The summed E-state index contributed by atoms with van der Waals surface area (Å²) in [5.74, 6) is 7.03. The molecule has 1 aromatic carbocycles. The molecular formula is C14H18OS. The fraction of sp³-hybridized carbons (Fsp3) is 0.429. The molecule has 0 saturated carbocycles. The van der Waals surface area contributed by atoms with E-state index in [0.29, 0.717) is 11.7 Å². The van der Waals surface area contributed by atoms with E-state index in [-0.39, 0.29) is 6.61 Å². The summed E-state index contributed by atoms with van der Waals surface area (Å²) >= 11 is 1.93. The summed E-state index contributed by atoms with van der Waals surface area (Å²) in [4.78, 5) is 0. The first-order valence-electron chi connectivity index (χ1n) is 5.52. The number of hydrogen-bond donors (Lipinski definition) is 1. The number of rotatable bonds is 4. The summed E-state index contributed by atoms with van der Waals surface area (Å²) in [6, 6.07) is 8.31. The first kappa shape index (κ1) is 13.2. The summed E-state index contributed by atoms with van der Waals surface area (Å²) in [6.07, 6.45) is 0.547. The normalized spacial score (nSPS) is 10.0. The van der Waals surface area contributed by atoms with E-state index in [1.54, 1.807) is 0 Å². The number of hydrogen-bond acceptors (Lipinski definition) is 2. The second-order valence-electron chi connectivity index (χ2n) is 3.84.